The molecule has 0 saturated heterocycles. The Labute approximate surface area is 92.9 Å². The van der Waals surface area contributed by atoms with Crippen LogP contribution in [-0.2, 0) is 11.4 Å². The van der Waals surface area contributed by atoms with E-state index in [1.807, 2.05) is 18.2 Å². The maximum atomic E-state index is 10.9. The zero-order valence-electron chi connectivity index (χ0n) is 8.90. The summed E-state index contributed by atoms with van der Waals surface area (Å²) in [6.45, 7) is 1.45. The SMILES string of the molecule is CC(=O)Nc1ccc2cc(CO)cnc2c1. The number of aliphatic hydroxyl groups is 1. The van der Waals surface area contributed by atoms with Gasteiger partial charge >= 0.3 is 0 Å². The van der Waals surface area contributed by atoms with E-state index in [0.29, 0.717) is 0 Å². The van der Waals surface area contributed by atoms with Crippen molar-refractivity contribution in [2.75, 3.05) is 5.32 Å². The quantitative estimate of drug-likeness (QED) is 0.802. The zero-order chi connectivity index (χ0) is 11.5. The number of fused-ring (bicyclic) bond motifs is 1. The Bertz CT molecular complexity index is 538. The average Bonchev–Trinajstić information content (AvgIpc) is 2.27. The Balaban J connectivity index is 2.43. The molecule has 2 N–H and O–H groups in total. The number of benzene rings is 1. The Kier molecular flexibility index (Phi) is 2.83. The highest BCUT2D eigenvalue weighted by atomic mass is 16.3. The first-order valence-electron chi connectivity index (χ1n) is 4.96. The van der Waals surface area contributed by atoms with Crippen LogP contribution in [0.1, 0.15) is 12.5 Å². The van der Waals surface area contributed by atoms with Gasteiger partial charge in [0.1, 0.15) is 0 Å². The van der Waals surface area contributed by atoms with E-state index in [2.05, 4.69) is 10.3 Å². The number of hydrogen-bond acceptors (Lipinski definition) is 3. The maximum Gasteiger partial charge on any atom is 0.221 e. The van der Waals surface area contributed by atoms with Gasteiger partial charge in [0.2, 0.25) is 5.91 Å². The van der Waals surface area contributed by atoms with Crippen molar-refractivity contribution in [3.8, 4) is 0 Å². The molecule has 1 aromatic carbocycles. The van der Waals surface area contributed by atoms with Crippen LogP contribution in [0.2, 0.25) is 0 Å². The molecule has 0 aliphatic rings. The molecule has 4 heteroatoms. The lowest BCUT2D eigenvalue weighted by atomic mass is 10.1. The molecule has 2 aromatic rings. The molecular weight excluding hydrogens is 204 g/mol. The van der Waals surface area contributed by atoms with Crippen molar-refractivity contribution >= 4 is 22.5 Å². The third-order valence-electron chi connectivity index (χ3n) is 2.24. The molecule has 4 nitrogen and oxygen atoms in total. The summed E-state index contributed by atoms with van der Waals surface area (Å²) in [6.07, 6.45) is 1.62. The van der Waals surface area contributed by atoms with E-state index in [1.165, 1.54) is 6.92 Å². The molecular formula is C12H12N2O2. The second-order valence-corrected chi connectivity index (χ2v) is 3.59. The Morgan fingerprint density at radius 2 is 2.25 bits per heavy atom. The first kappa shape index (κ1) is 10.6. The van der Waals surface area contributed by atoms with Crippen LogP contribution < -0.4 is 5.32 Å². The van der Waals surface area contributed by atoms with E-state index in [0.717, 1.165) is 22.2 Å². The van der Waals surface area contributed by atoms with Crippen LogP contribution in [0.25, 0.3) is 10.9 Å². The van der Waals surface area contributed by atoms with Gasteiger partial charge < -0.3 is 10.4 Å². The molecule has 1 aromatic heterocycles. The number of anilines is 1. The average molecular weight is 216 g/mol. The summed E-state index contributed by atoms with van der Waals surface area (Å²) in [7, 11) is 0. The molecule has 82 valence electrons. The molecule has 1 heterocycles. The minimum Gasteiger partial charge on any atom is -0.392 e. The summed E-state index contributed by atoms with van der Waals surface area (Å²) in [5.74, 6) is -0.105. The Morgan fingerprint density at radius 3 is 2.94 bits per heavy atom. The fourth-order valence-electron chi connectivity index (χ4n) is 1.53. The van der Waals surface area contributed by atoms with E-state index in [-0.39, 0.29) is 12.5 Å². The number of pyridine rings is 1. The molecule has 0 radical (unpaired) electrons. The number of nitrogens with one attached hydrogen (secondary N) is 1. The van der Waals surface area contributed by atoms with Gasteiger partial charge in [-0.25, -0.2) is 0 Å². The number of amides is 1. The molecule has 0 aliphatic carbocycles. The van der Waals surface area contributed by atoms with Gasteiger partial charge in [-0.3, -0.25) is 9.78 Å². The smallest absolute Gasteiger partial charge is 0.221 e. The van der Waals surface area contributed by atoms with Gasteiger partial charge in [0.25, 0.3) is 0 Å². The van der Waals surface area contributed by atoms with Crippen molar-refractivity contribution in [2.24, 2.45) is 0 Å². The Hall–Kier alpha value is -1.94. The van der Waals surface area contributed by atoms with Crippen molar-refractivity contribution in [1.82, 2.24) is 4.98 Å². The number of carbonyl (C=O) groups excluding carboxylic acids is 1. The normalized spacial score (nSPS) is 10.4. The number of carbonyl (C=O) groups is 1. The topological polar surface area (TPSA) is 62.2 Å². The molecule has 0 bridgehead atoms. The molecule has 0 fully saturated rings. The zero-order valence-corrected chi connectivity index (χ0v) is 8.90. The van der Waals surface area contributed by atoms with Crippen molar-refractivity contribution in [2.45, 2.75) is 13.5 Å². The van der Waals surface area contributed by atoms with Gasteiger partial charge in [-0.1, -0.05) is 6.07 Å². The van der Waals surface area contributed by atoms with Gasteiger partial charge in [0, 0.05) is 24.2 Å². The summed E-state index contributed by atoms with van der Waals surface area (Å²) in [4.78, 5) is 15.1. The summed E-state index contributed by atoms with van der Waals surface area (Å²) in [5, 5.41) is 12.6. The first-order valence-corrected chi connectivity index (χ1v) is 4.96. The van der Waals surface area contributed by atoms with Gasteiger partial charge in [-0.05, 0) is 23.8 Å². The Morgan fingerprint density at radius 1 is 1.44 bits per heavy atom. The molecule has 16 heavy (non-hydrogen) atoms. The van der Waals surface area contributed by atoms with Crippen molar-refractivity contribution in [1.29, 1.82) is 0 Å². The largest absolute Gasteiger partial charge is 0.392 e. The molecule has 0 aliphatic heterocycles. The van der Waals surface area contributed by atoms with Crippen LogP contribution in [0.5, 0.6) is 0 Å². The minimum atomic E-state index is -0.105. The third-order valence-corrected chi connectivity index (χ3v) is 2.24. The molecule has 0 atom stereocenters. The highest BCUT2D eigenvalue weighted by Gasteiger charge is 2.00. The predicted octanol–water partition coefficient (Wildman–Crippen LogP) is 1.69. The van der Waals surface area contributed by atoms with Crippen molar-refractivity contribution in [3.63, 3.8) is 0 Å². The van der Waals surface area contributed by atoms with Gasteiger partial charge in [0.15, 0.2) is 0 Å². The van der Waals surface area contributed by atoms with Crippen LogP contribution in [0.15, 0.2) is 30.5 Å². The highest BCUT2D eigenvalue weighted by Crippen LogP contribution is 2.18. The van der Waals surface area contributed by atoms with E-state index in [4.69, 9.17) is 5.11 Å². The third kappa shape index (κ3) is 2.17. The van der Waals surface area contributed by atoms with E-state index >= 15 is 0 Å². The molecule has 1 amide bonds. The fourth-order valence-corrected chi connectivity index (χ4v) is 1.53. The van der Waals surface area contributed by atoms with E-state index < -0.39 is 0 Å². The number of aromatic nitrogens is 1. The van der Waals surface area contributed by atoms with Gasteiger partial charge in [-0.15, -0.1) is 0 Å². The molecule has 0 saturated carbocycles. The summed E-state index contributed by atoms with van der Waals surface area (Å²) < 4.78 is 0. The van der Waals surface area contributed by atoms with Crippen LogP contribution in [0.4, 0.5) is 5.69 Å². The number of nitrogens with zero attached hydrogens (tertiary/aromatic N) is 1. The highest BCUT2D eigenvalue weighted by molar-refractivity contribution is 5.92. The maximum absolute atomic E-state index is 10.9. The summed E-state index contributed by atoms with van der Waals surface area (Å²) in [6, 6.07) is 7.36. The van der Waals surface area contributed by atoms with Gasteiger partial charge in [-0.2, -0.15) is 0 Å². The fraction of sp³-hybridized carbons (Fsp3) is 0.167. The van der Waals surface area contributed by atoms with E-state index in [1.54, 1.807) is 12.3 Å². The number of rotatable bonds is 2. The second kappa shape index (κ2) is 4.28. The van der Waals surface area contributed by atoms with Crippen LogP contribution >= 0.6 is 0 Å². The lowest BCUT2D eigenvalue weighted by molar-refractivity contribution is -0.114. The lowest BCUT2D eigenvalue weighted by Gasteiger charge is -2.04. The van der Waals surface area contributed by atoms with E-state index in [9.17, 15) is 4.79 Å². The predicted molar refractivity (Wildman–Crippen MR) is 62.0 cm³/mol. The minimum absolute atomic E-state index is 0.0175. The standard InChI is InChI=1S/C12H12N2O2/c1-8(16)14-11-3-2-10-4-9(7-15)6-13-12(10)5-11/h2-6,15H,7H2,1H3,(H,14,16). The van der Waals surface area contributed by atoms with Crippen LogP contribution in [0, 0.1) is 0 Å². The van der Waals surface area contributed by atoms with Crippen LogP contribution in [-0.4, -0.2) is 16.0 Å². The number of aliphatic hydroxyl groups excluding tert-OH is 1. The monoisotopic (exact) mass is 216 g/mol. The lowest BCUT2D eigenvalue weighted by Crippen LogP contribution is -2.05. The molecule has 0 spiro atoms. The van der Waals surface area contributed by atoms with Gasteiger partial charge in [0.05, 0.1) is 12.1 Å². The summed E-state index contributed by atoms with van der Waals surface area (Å²) >= 11 is 0. The first-order chi connectivity index (χ1) is 7.69. The van der Waals surface area contributed by atoms with Crippen molar-refractivity contribution in [3.05, 3.63) is 36.0 Å². The molecule has 0 unspecified atom stereocenters. The van der Waals surface area contributed by atoms with Crippen molar-refractivity contribution < 1.29 is 9.90 Å². The second-order valence-electron chi connectivity index (χ2n) is 3.59. The molecule has 2 rings (SSSR count). The van der Waals surface area contributed by atoms with Crippen LogP contribution in [0.3, 0.4) is 0 Å². The summed E-state index contributed by atoms with van der Waals surface area (Å²) in [5.41, 5.74) is 2.30. The number of hydrogen-bond donors (Lipinski definition) is 2.